The van der Waals surface area contributed by atoms with Crippen molar-refractivity contribution in [3.05, 3.63) is 35.4 Å². The average molecular weight is 579 g/mol. The molecule has 0 aliphatic carbocycles. The van der Waals surface area contributed by atoms with Crippen LogP contribution in [0.15, 0.2) is 24.3 Å². The largest absolute Gasteiger partial charge is 0.351 e. The summed E-state index contributed by atoms with van der Waals surface area (Å²) in [6, 6.07) is 6.04. The lowest BCUT2D eigenvalue weighted by Gasteiger charge is -2.28. The molecule has 8 nitrogen and oxygen atoms in total. The maximum absolute atomic E-state index is 13.4. The molecule has 0 saturated heterocycles. The van der Waals surface area contributed by atoms with Crippen molar-refractivity contribution in [2.75, 3.05) is 11.5 Å². The van der Waals surface area contributed by atoms with E-state index in [-0.39, 0.29) is 29.7 Å². The van der Waals surface area contributed by atoms with Crippen molar-refractivity contribution >= 4 is 47.2 Å². The van der Waals surface area contributed by atoms with Gasteiger partial charge in [-0.3, -0.25) is 19.2 Å². The van der Waals surface area contributed by atoms with E-state index in [1.165, 1.54) is 11.1 Å². The second-order valence-corrected chi connectivity index (χ2v) is 13.0. The molecule has 1 aliphatic rings. The highest BCUT2D eigenvalue weighted by atomic mass is 32.2. The molecule has 0 radical (unpaired) electrons. The monoisotopic (exact) mass is 578 g/mol. The fraction of sp³-hybridized carbons (Fsp3) is 0.655. The zero-order valence-corrected chi connectivity index (χ0v) is 25.8. The highest BCUT2D eigenvalue weighted by molar-refractivity contribution is 7.98. The summed E-state index contributed by atoms with van der Waals surface area (Å²) < 4.78 is 0. The Balaban J connectivity index is 2.24. The molecule has 1 aromatic carbocycles. The standard InChI is InChI=1S/C29H46N4O4S2/c1-7-19(4)26-29(37)30-20(5)15-39-17-23-10-8-9-22(14-23)16-38-12-11-25(34)31-21(6)27(35)32-24(13-18(2)3)28(36)33-26/h8-10,14,18-21,24,26H,7,11-13,15-17H2,1-6H3,(H,30,37)(H,31,34)(H,32,35)(H,33,36)/t19-,20+,21-,24-,26-/m0/s1. The van der Waals surface area contributed by atoms with E-state index < -0.39 is 29.9 Å². The van der Waals surface area contributed by atoms with E-state index in [2.05, 4.69) is 45.5 Å². The molecule has 0 saturated carbocycles. The van der Waals surface area contributed by atoms with Crippen LogP contribution >= 0.6 is 23.5 Å². The quantitative estimate of drug-likeness (QED) is 0.434. The highest BCUT2D eigenvalue weighted by Crippen LogP contribution is 2.19. The number of thioether (sulfide) groups is 2. The molecular formula is C29H46N4O4S2. The Morgan fingerprint density at radius 2 is 1.54 bits per heavy atom. The number of benzene rings is 1. The van der Waals surface area contributed by atoms with Crippen molar-refractivity contribution in [1.29, 1.82) is 0 Å². The van der Waals surface area contributed by atoms with Crippen molar-refractivity contribution in [3.8, 4) is 0 Å². The first kappa shape index (κ1) is 33.0. The van der Waals surface area contributed by atoms with Gasteiger partial charge in [0.15, 0.2) is 0 Å². The van der Waals surface area contributed by atoms with Crippen LogP contribution in [0.25, 0.3) is 0 Å². The van der Waals surface area contributed by atoms with E-state index in [4.69, 9.17) is 0 Å². The minimum Gasteiger partial charge on any atom is -0.351 e. The third kappa shape index (κ3) is 11.8. The molecule has 1 aromatic rings. The van der Waals surface area contributed by atoms with Crippen molar-refractivity contribution in [1.82, 2.24) is 21.3 Å². The van der Waals surface area contributed by atoms with Gasteiger partial charge < -0.3 is 21.3 Å². The summed E-state index contributed by atoms with van der Waals surface area (Å²) >= 11 is 3.43. The maximum Gasteiger partial charge on any atom is 0.243 e. The van der Waals surface area contributed by atoms with Crippen LogP contribution in [0, 0.1) is 11.8 Å². The number of rotatable bonds is 4. The summed E-state index contributed by atoms with van der Waals surface area (Å²) in [7, 11) is 0. The Kier molecular flexibility index (Phi) is 14.2. The van der Waals surface area contributed by atoms with Crippen molar-refractivity contribution < 1.29 is 19.2 Å². The summed E-state index contributed by atoms with van der Waals surface area (Å²) in [5.74, 6) is 1.83. The summed E-state index contributed by atoms with van der Waals surface area (Å²) in [6.07, 6.45) is 1.43. The minimum absolute atomic E-state index is 0.0711. The predicted octanol–water partition coefficient (Wildman–Crippen LogP) is 3.63. The maximum atomic E-state index is 13.4. The van der Waals surface area contributed by atoms with Crippen LogP contribution in [0.1, 0.15) is 71.9 Å². The lowest BCUT2D eigenvalue weighted by Crippen LogP contribution is -2.58. The summed E-state index contributed by atoms with van der Waals surface area (Å²) in [5.41, 5.74) is 2.43. The fourth-order valence-corrected chi connectivity index (χ4v) is 6.09. The van der Waals surface area contributed by atoms with Gasteiger partial charge in [-0.05, 0) is 43.2 Å². The lowest BCUT2D eigenvalue weighted by atomic mass is 9.96. The van der Waals surface area contributed by atoms with Gasteiger partial charge in [0.2, 0.25) is 23.6 Å². The first-order valence-corrected chi connectivity index (χ1v) is 16.2. The van der Waals surface area contributed by atoms with E-state index in [1.54, 1.807) is 30.4 Å². The Morgan fingerprint density at radius 1 is 0.872 bits per heavy atom. The van der Waals surface area contributed by atoms with Crippen LogP contribution in [0.2, 0.25) is 0 Å². The summed E-state index contributed by atoms with van der Waals surface area (Å²) in [5, 5.41) is 11.5. The van der Waals surface area contributed by atoms with Crippen LogP contribution in [0.5, 0.6) is 0 Å². The number of hydrogen-bond donors (Lipinski definition) is 4. The Hall–Kier alpha value is -2.20. The molecule has 4 N–H and O–H groups in total. The Morgan fingerprint density at radius 3 is 2.18 bits per heavy atom. The fourth-order valence-electron chi connectivity index (χ4n) is 4.23. The van der Waals surface area contributed by atoms with Crippen LogP contribution in [0.3, 0.4) is 0 Å². The Bertz CT molecular complexity index is 974. The molecule has 4 amide bonds. The van der Waals surface area contributed by atoms with E-state index in [0.29, 0.717) is 25.0 Å². The molecule has 0 unspecified atom stereocenters. The summed E-state index contributed by atoms with van der Waals surface area (Å²) in [4.78, 5) is 52.0. The van der Waals surface area contributed by atoms with Gasteiger partial charge in [0.05, 0.1) is 0 Å². The normalized spacial score (nSPS) is 25.8. The number of carbonyl (C=O) groups excluding carboxylic acids is 4. The van der Waals surface area contributed by atoms with Gasteiger partial charge in [0, 0.05) is 35.5 Å². The Labute approximate surface area is 242 Å². The molecule has 2 rings (SSSR count). The van der Waals surface area contributed by atoms with E-state index >= 15 is 0 Å². The molecule has 10 heteroatoms. The number of carbonyl (C=O) groups is 4. The van der Waals surface area contributed by atoms with Crippen LogP contribution in [0.4, 0.5) is 0 Å². The molecule has 1 aliphatic heterocycles. The van der Waals surface area contributed by atoms with Gasteiger partial charge in [-0.25, -0.2) is 0 Å². The van der Waals surface area contributed by atoms with Crippen molar-refractivity contribution in [2.45, 2.75) is 96.5 Å². The molecule has 5 atom stereocenters. The van der Waals surface area contributed by atoms with Gasteiger partial charge in [-0.15, -0.1) is 0 Å². The topological polar surface area (TPSA) is 116 Å². The summed E-state index contributed by atoms with van der Waals surface area (Å²) in [6.45, 7) is 11.5. The predicted molar refractivity (Wildman–Crippen MR) is 161 cm³/mol. The molecule has 1 heterocycles. The number of hydrogen-bond acceptors (Lipinski definition) is 6. The first-order valence-electron chi connectivity index (χ1n) is 13.9. The molecule has 0 spiro atoms. The van der Waals surface area contributed by atoms with Gasteiger partial charge in [-0.1, -0.05) is 58.4 Å². The van der Waals surface area contributed by atoms with Crippen molar-refractivity contribution in [2.24, 2.45) is 11.8 Å². The highest BCUT2D eigenvalue weighted by Gasteiger charge is 2.31. The second kappa shape index (κ2) is 16.8. The second-order valence-electron chi connectivity index (χ2n) is 10.9. The molecule has 0 fully saturated rings. The molecular weight excluding hydrogens is 532 g/mol. The molecule has 218 valence electrons. The van der Waals surface area contributed by atoms with E-state index in [1.807, 2.05) is 34.6 Å². The van der Waals surface area contributed by atoms with Gasteiger partial charge >= 0.3 is 0 Å². The minimum atomic E-state index is -0.813. The first-order chi connectivity index (χ1) is 18.5. The molecule has 0 aromatic heterocycles. The number of fused-ring (bicyclic) bond motifs is 2. The van der Waals surface area contributed by atoms with Crippen LogP contribution < -0.4 is 21.3 Å². The van der Waals surface area contributed by atoms with E-state index in [9.17, 15) is 19.2 Å². The van der Waals surface area contributed by atoms with Crippen LogP contribution in [-0.4, -0.2) is 59.3 Å². The van der Waals surface area contributed by atoms with Crippen molar-refractivity contribution in [3.63, 3.8) is 0 Å². The van der Waals surface area contributed by atoms with E-state index in [0.717, 1.165) is 17.3 Å². The zero-order chi connectivity index (χ0) is 28.9. The third-order valence-electron chi connectivity index (χ3n) is 6.66. The molecule has 2 bridgehead atoms. The number of nitrogens with one attached hydrogen (secondary N) is 4. The van der Waals surface area contributed by atoms with Crippen LogP contribution in [-0.2, 0) is 30.7 Å². The van der Waals surface area contributed by atoms with Gasteiger partial charge in [0.1, 0.15) is 18.1 Å². The van der Waals surface area contributed by atoms with Gasteiger partial charge in [0.25, 0.3) is 0 Å². The lowest BCUT2D eigenvalue weighted by molar-refractivity contribution is -0.134. The van der Waals surface area contributed by atoms with Gasteiger partial charge in [-0.2, -0.15) is 23.5 Å². The SMILES string of the molecule is CC[C@H](C)[C@@H]1NC(=O)[C@H](CC(C)C)NC(=O)[C@H](C)NC(=O)CCSCc2cccc(c2)CSC[C@@H](C)NC1=O. The zero-order valence-electron chi connectivity index (χ0n) is 24.2. The average Bonchev–Trinajstić information content (AvgIpc) is 2.88. The number of amides is 4. The third-order valence-corrected chi connectivity index (χ3v) is 8.97. The smallest absolute Gasteiger partial charge is 0.243 e. The molecule has 39 heavy (non-hydrogen) atoms.